The highest BCUT2D eigenvalue weighted by Gasteiger charge is 2.29. The summed E-state index contributed by atoms with van der Waals surface area (Å²) in [7, 11) is 1.31. The Morgan fingerprint density at radius 2 is 1.93 bits per heavy atom. The standard InChI is InChI=1S/C20H26N2O5/c1-7-21-14(5)17(13(4)18(21)20(25)26-6)15(23)11-22(12(2)3)19(24)16-9-8-10-27-16/h8-10,12H,7,11H2,1-6H3. The monoisotopic (exact) mass is 374 g/mol. The Morgan fingerprint density at radius 1 is 1.26 bits per heavy atom. The molecule has 0 aliphatic carbocycles. The van der Waals surface area contributed by atoms with Gasteiger partial charge in [-0.05, 0) is 52.3 Å². The molecule has 2 aromatic heterocycles. The fourth-order valence-corrected chi connectivity index (χ4v) is 3.33. The van der Waals surface area contributed by atoms with Gasteiger partial charge in [-0.25, -0.2) is 4.79 Å². The number of hydrogen-bond donors (Lipinski definition) is 0. The maximum absolute atomic E-state index is 13.1. The lowest BCUT2D eigenvalue weighted by Gasteiger charge is -2.25. The van der Waals surface area contributed by atoms with Crippen LogP contribution in [-0.4, -0.2) is 46.8 Å². The van der Waals surface area contributed by atoms with Crippen molar-refractivity contribution in [3.8, 4) is 0 Å². The second-order valence-corrected chi connectivity index (χ2v) is 6.60. The largest absolute Gasteiger partial charge is 0.464 e. The molecule has 0 atom stereocenters. The molecule has 0 saturated carbocycles. The molecule has 0 unspecified atom stereocenters. The number of carbonyl (C=O) groups is 3. The molecule has 0 saturated heterocycles. The average Bonchev–Trinajstić information content (AvgIpc) is 3.24. The number of esters is 1. The van der Waals surface area contributed by atoms with Crippen LogP contribution in [0.1, 0.15) is 63.4 Å². The van der Waals surface area contributed by atoms with Crippen LogP contribution in [0.5, 0.6) is 0 Å². The molecule has 0 fully saturated rings. The first-order valence-corrected chi connectivity index (χ1v) is 8.90. The number of furan rings is 1. The van der Waals surface area contributed by atoms with Crippen LogP contribution in [0.2, 0.25) is 0 Å². The Morgan fingerprint density at radius 3 is 2.41 bits per heavy atom. The lowest BCUT2D eigenvalue weighted by molar-refractivity contribution is 0.0586. The topological polar surface area (TPSA) is 81.8 Å². The Labute approximate surface area is 158 Å². The maximum Gasteiger partial charge on any atom is 0.354 e. The predicted octanol–water partition coefficient (Wildman–Crippen LogP) is 3.24. The van der Waals surface area contributed by atoms with E-state index in [-0.39, 0.29) is 30.0 Å². The van der Waals surface area contributed by atoms with Crippen LogP contribution in [0.25, 0.3) is 0 Å². The number of hydrogen-bond acceptors (Lipinski definition) is 5. The molecule has 2 rings (SSSR count). The van der Waals surface area contributed by atoms with Crippen molar-refractivity contribution < 1.29 is 23.5 Å². The first-order valence-electron chi connectivity index (χ1n) is 8.90. The zero-order valence-corrected chi connectivity index (χ0v) is 16.7. The molecule has 0 N–H and O–H groups in total. The molecule has 27 heavy (non-hydrogen) atoms. The molecule has 7 nitrogen and oxygen atoms in total. The third kappa shape index (κ3) is 3.82. The molecular formula is C20H26N2O5. The van der Waals surface area contributed by atoms with Crippen molar-refractivity contribution in [2.24, 2.45) is 0 Å². The van der Waals surface area contributed by atoms with Gasteiger partial charge in [0.1, 0.15) is 5.69 Å². The summed E-state index contributed by atoms with van der Waals surface area (Å²) in [6, 6.07) is 3.01. The number of ketones is 1. The van der Waals surface area contributed by atoms with E-state index >= 15 is 0 Å². The highest BCUT2D eigenvalue weighted by molar-refractivity contribution is 6.05. The summed E-state index contributed by atoms with van der Waals surface area (Å²) >= 11 is 0. The minimum Gasteiger partial charge on any atom is -0.464 e. The second-order valence-electron chi connectivity index (χ2n) is 6.60. The number of methoxy groups -OCH3 is 1. The van der Waals surface area contributed by atoms with Crippen molar-refractivity contribution in [2.45, 2.75) is 47.2 Å². The smallest absolute Gasteiger partial charge is 0.354 e. The first kappa shape index (κ1) is 20.5. The molecule has 2 aromatic rings. The van der Waals surface area contributed by atoms with Crippen LogP contribution in [0.3, 0.4) is 0 Å². The van der Waals surface area contributed by atoms with Gasteiger partial charge in [0.05, 0.1) is 19.9 Å². The minimum atomic E-state index is -0.483. The summed E-state index contributed by atoms with van der Waals surface area (Å²) in [5.74, 6) is -0.868. The van der Waals surface area contributed by atoms with Crippen LogP contribution < -0.4 is 0 Å². The van der Waals surface area contributed by atoms with E-state index in [1.807, 2.05) is 20.8 Å². The van der Waals surface area contributed by atoms with E-state index in [1.54, 1.807) is 30.5 Å². The van der Waals surface area contributed by atoms with Gasteiger partial charge < -0.3 is 18.6 Å². The van der Waals surface area contributed by atoms with Gasteiger partial charge in [0, 0.05) is 23.8 Å². The fourth-order valence-electron chi connectivity index (χ4n) is 3.33. The molecule has 0 bridgehead atoms. The Kier molecular flexibility index (Phi) is 6.25. The van der Waals surface area contributed by atoms with E-state index in [9.17, 15) is 14.4 Å². The minimum absolute atomic E-state index is 0.104. The molecule has 0 aliphatic rings. The Balaban J connectivity index is 2.40. The predicted molar refractivity (Wildman–Crippen MR) is 100 cm³/mol. The third-order valence-corrected chi connectivity index (χ3v) is 4.67. The molecule has 0 radical (unpaired) electrons. The molecule has 0 spiro atoms. The van der Waals surface area contributed by atoms with E-state index < -0.39 is 5.97 Å². The van der Waals surface area contributed by atoms with Crippen molar-refractivity contribution in [2.75, 3.05) is 13.7 Å². The molecule has 1 amide bonds. The molecular weight excluding hydrogens is 348 g/mol. The quantitative estimate of drug-likeness (QED) is 0.549. The van der Waals surface area contributed by atoms with Gasteiger partial charge in [0.2, 0.25) is 0 Å². The zero-order chi connectivity index (χ0) is 20.3. The van der Waals surface area contributed by atoms with Gasteiger partial charge in [-0.1, -0.05) is 0 Å². The van der Waals surface area contributed by atoms with E-state index in [0.29, 0.717) is 29.1 Å². The van der Waals surface area contributed by atoms with Crippen molar-refractivity contribution >= 4 is 17.7 Å². The summed E-state index contributed by atoms with van der Waals surface area (Å²) in [4.78, 5) is 39.4. The highest BCUT2D eigenvalue weighted by atomic mass is 16.5. The van der Waals surface area contributed by atoms with Crippen LogP contribution in [-0.2, 0) is 11.3 Å². The van der Waals surface area contributed by atoms with Gasteiger partial charge in [-0.2, -0.15) is 0 Å². The number of carbonyl (C=O) groups excluding carboxylic acids is 3. The molecule has 7 heteroatoms. The maximum atomic E-state index is 13.1. The Bertz CT molecular complexity index is 846. The summed E-state index contributed by atoms with van der Waals surface area (Å²) in [5.41, 5.74) is 2.08. The molecule has 0 aromatic carbocycles. The summed E-state index contributed by atoms with van der Waals surface area (Å²) in [6.07, 6.45) is 1.42. The van der Waals surface area contributed by atoms with Crippen molar-refractivity contribution in [3.05, 3.63) is 46.7 Å². The summed E-state index contributed by atoms with van der Waals surface area (Å²) < 4.78 is 11.8. The van der Waals surface area contributed by atoms with E-state index in [1.165, 1.54) is 18.3 Å². The van der Waals surface area contributed by atoms with Gasteiger partial charge in [0.25, 0.3) is 5.91 Å². The van der Waals surface area contributed by atoms with E-state index in [2.05, 4.69) is 0 Å². The van der Waals surface area contributed by atoms with Gasteiger partial charge in [-0.15, -0.1) is 0 Å². The van der Waals surface area contributed by atoms with Gasteiger partial charge in [0.15, 0.2) is 11.5 Å². The van der Waals surface area contributed by atoms with Crippen LogP contribution in [0, 0.1) is 13.8 Å². The second kappa shape index (κ2) is 8.24. The third-order valence-electron chi connectivity index (χ3n) is 4.67. The fraction of sp³-hybridized carbons (Fsp3) is 0.450. The average molecular weight is 374 g/mol. The molecule has 146 valence electrons. The summed E-state index contributed by atoms with van der Waals surface area (Å²) in [6.45, 7) is 9.53. The highest BCUT2D eigenvalue weighted by Crippen LogP contribution is 2.24. The number of rotatable bonds is 7. The number of ether oxygens (including phenoxy) is 1. The van der Waals surface area contributed by atoms with Crippen molar-refractivity contribution in [3.63, 3.8) is 0 Å². The lowest BCUT2D eigenvalue weighted by Crippen LogP contribution is -2.40. The summed E-state index contributed by atoms with van der Waals surface area (Å²) in [5, 5.41) is 0. The van der Waals surface area contributed by atoms with Gasteiger partial charge >= 0.3 is 5.97 Å². The van der Waals surface area contributed by atoms with Crippen molar-refractivity contribution in [1.29, 1.82) is 0 Å². The Hall–Kier alpha value is -2.83. The van der Waals surface area contributed by atoms with Crippen LogP contribution >= 0.6 is 0 Å². The lowest BCUT2D eigenvalue weighted by atomic mass is 10.0. The van der Waals surface area contributed by atoms with E-state index in [0.717, 1.165) is 0 Å². The number of aromatic nitrogens is 1. The number of nitrogens with zero attached hydrogens (tertiary/aromatic N) is 2. The zero-order valence-electron chi connectivity index (χ0n) is 16.7. The number of Topliss-reactive ketones (excluding diaryl/α,β-unsaturated/α-hetero) is 1. The normalized spacial score (nSPS) is 10.9. The SMILES string of the molecule is CCn1c(C)c(C(=O)CN(C(=O)c2ccco2)C(C)C)c(C)c1C(=O)OC. The van der Waals surface area contributed by atoms with Gasteiger partial charge in [-0.3, -0.25) is 9.59 Å². The first-order chi connectivity index (χ1) is 12.7. The number of amides is 1. The van der Waals surface area contributed by atoms with Crippen LogP contribution in [0.15, 0.2) is 22.8 Å². The molecule has 2 heterocycles. The molecule has 0 aliphatic heterocycles. The van der Waals surface area contributed by atoms with E-state index in [4.69, 9.17) is 9.15 Å². The van der Waals surface area contributed by atoms with Crippen molar-refractivity contribution in [1.82, 2.24) is 9.47 Å². The van der Waals surface area contributed by atoms with Crippen LogP contribution in [0.4, 0.5) is 0 Å².